The molecule has 0 radical (unpaired) electrons. The number of nitrogens with one attached hydrogen (secondary N) is 1. The predicted octanol–water partition coefficient (Wildman–Crippen LogP) is 3.43. The number of hydrogen-bond acceptors (Lipinski definition) is 3. The highest BCUT2D eigenvalue weighted by atomic mass is 16.5. The number of ether oxygens (including phenoxy) is 1. The minimum Gasteiger partial charge on any atom is -0.507 e. The van der Waals surface area contributed by atoms with Gasteiger partial charge in [0.2, 0.25) is 0 Å². The van der Waals surface area contributed by atoms with E-state index in [0.29, 0.717) is 5.69 Å². The van der Waals surface area contributed by atoms with Crippen molar-refractivity contribution < 1.29 is 14.6 Å². The lowest BCUT2D eigenvalue weighted by molar-refractivity contribution is 0.102. The lowest BCUT2D eigenvalue weighted by Crippen LogP contribution is -2.12. The molecule has 0 saturated heterocycles. The van der Waals surface area contributed by atoms with Gasteiger partial charge in [0, 0.05) is 5.69 Å². The quantitative estimate of drug-likeness (QED) is 0.895. The number of phenolic OH excluding ortho intramolecular Hbond substituents is 1. The van der Waals surface area contributed by atoms with E-state index in [0.717, 1.165) is 5.75 Å². The molecule has 0 aliphatic rings. The van der Waals surface area contributed by atoms with Gasteiger partial charge in [-0.3, -0.25) is 4.79 Å². The smallest absolute Gasteiger partial charge is 0.259 e. The van der Waals surface area contributed by atoms with E-state index in [2.05, 4.69) is 5.32 Å². The summed E-state index contributed by atoms with van der Waals surface area (Å²) in [5, 5.41) is 12.3. The second-order valence-electron chi connectivity index (χ2n) is 4.66. The van der Waals surface area contributed by atoms with E-state index in [-0.39, 0.29) is 23.3 Å². The van der Waals surface area contributed by atoms with Crippen molar-refractivity contribution in [2.75, 3.05) is 5.32 Å². The van der Waals surface area contributed by atoms with Gasteiger partial charge in [-0.15, -0.1) is 0 Å². The molecule has 0 unspecified atom stereocenters. The van der Waals surface area contributed by atoms with E-state index in [1.54, 1.807) is 42.5 Å². The van der Waals surface area contributed by atoms with Gasteiger partial charge < -0.3 is 15.2 Å². The lowest BCUT2D eigenvalue weighted by Gasteiger charge is -2.11. The summed E-state index contributed by atoms with van der Waals surface area (Å²) >= 11 is 0. The summed E-state index contributed by atoms with van der Waals surface area (Å²) in [4.78, 5) is 12.0. The highest BCUT2D eigenvalue weighted by molar-refractivity contribution is 6.06. The topological polar surface area (TPSA) is 58.6 Å². The SMILES string of the molecule is CC(C)Oc1ccc(NC(=O)c2ccccc2O)cc1. The third-order valence-electron chi connectivity index (χ3n) is 2.63. The molecule has 0 aliphatic heterocycles. The summed E-state index contributed by atoms with van der Waals surface area (Å²) in [5.41, 5.74) is 0.893. The van der Waals surface area contributed by atoms with E-state index in [9.17, 15) is 9.90 Å². The van der Waals surface area contributed by atoms with Crippen molar-refractivity contribution >= 4 is 11.6 Å². The highest BCUT2D eigenvalue weighted by Gasteiger charge is 2.10. The van der Waals surface area contributed by atoms with Gasteiger partial charge in [-0.05, 0) is 50.2 Å². The molecule has 2 N–H and O–H groups in total. The van der Waals surface area contributed by atoms with E-state index in [1.807, 2.05) is 13.8 Å². The zero-order valence-electron chi connectivity index (χ0n) is 11.5. The van der Waals surface area contributed by atoms with Gasteiger partial charge in [0.25, 0.3) is 5.91 Å². The van der Waals surface area contributed by atoms with Crippen LogP contribution in [0.4, 0.5) is 5.69 Å². The molecule has 104 valence electrons. The van der Waals surface area contributed by atoms with Crippen LogP contribution in [-0.2, 0) is 0 Å². The Kier molecular flexibility index (Phi) is 4.25. The van der Waals surface area contributed by atoms with Crippen LogP contribution in [0.1, 0.15) is 24.2 Å². The molecule has 2 rings (SSSR count). The first kappa shape index (κ1) is 13.9. The normalized spacial score (nSPS) is 10.3. The molecule has 4 heteroatoms. The number of aromatic hydroxyl groups is 1. The number of phenols is 1. The minimum absolute atomic E-state index is 0.0373. The molecule has 2 aromatic carbocycles. The molecule has 1 amide bonds. The number of rotatable bonds is 4. The number of para-hydroxylation sites is 1. The minimum atomic E-state index is -0.347. The molecule has 0 bridgehead atoms. The van der Waals surface area contributed by atoms with Crippen molar-refractivity contribution in [2.45, 2.75) is 20.0 Å². The second kappa shape index (κ2) is 6.10. The summed E-state index contributed by atoms with van der Waals surface area (Å²) in [6.45, 7) is 3.90. The van der Waals surface area contributed by atoms with E-state index in [4.69, 9.17) is 4.74 Å². The van der Waals surface area contributed by atoms with Crippen LogP contribution in [0.5, 0.6) is 11.5 Å². The predicted molar refractivity (Wildman–Crippen MR) is 78.3 cm³/mol. The van der Waals surface area contributed by atoms with Gasteiger partial charge >= 0.3 is 0 Å². The Balaban J connectivity index is 2.07. The molecule has 0 atom stereocenters. The van der Waals surface area contributed by atoms with Gasteiger partial charge in [-0.25, -0.2) is 0 Å². The average Bonchev–Trinajstić information content (AvgIpc) is 2.41. The molecule has 2 aromatic rings. The number of anilines is 1. The maximum Gasteiger partial charge on any atom is 0.259 e. The van der Waals surface area contributed by atoms with Crippen LogP contribution >= 0.6 is 0 Å². The Labute approximate surface area is 118 Å². The highest BCUT2D eigenvalue weighted by Crippen LogP contribution is 2.20. The van der Waals surface area contributed by atoms with Gasteiger partial charge in [-0.2, -0.15) is 0 Å². The van der Waals surface area contributed by atoms with E-state index >= 15 is 0 Å². The van der Waals surface area contributed by atoms with Crippen LogP contribution in [0.2, 0.25) is 0 Å². The summed E-state index contributed by atoms with van der Waals surface area (Å²) in [6, 6.07) is 13.5. The first-order chi connectivity index (χ1) is 9.56. The van der Waals surface area contributed by atoms with Crippen LogP contribution in [-0.4, -0.2) is 17.1 Å². The van der Waals surface area contributed by atoms with Gasteiger partial charge in [-0.1, -0.05) is 12.1 Å². The van der Waals surface area contributed by atoms with Crippen molar-refractivity contribution in [1.82, 2.24) is 0 Å². The number of hydrogen-bond donors (Lipinski definition) is 2. The van der Waals surface area contributed by atoms with E-state index in [1.165, 1.54) is 6.07 Å². The zero-order valence-corrected chi connectivity index (χ0v) is 11.5. The van der Waals surface area contributed by atoms with E-state index < -0.39 is 0 Å². The van der Waals surface area contributed by atoms with Crippen LogP contribution in [0.3, 0.4) is 0 Å². The van der Waals surface area contributed by atoms with Crippen molar-refractivity contribution in [3.8, 4) is 11.5 Å². The molecule has 0 aliphatic carbocycles. The fraction of sp³-hybridized carbons (Fsp3) is 0.188. The Morgan fingerprint density at radius 2 is 1.75 bits per heavy atom. The lowest BCUT2D eigenvalue weighted by atomic mass is 10.2. The zero-order chi connectivity index (χ0) is 14.5. The van der Waals surface area contributed by atoms with Gasteiger partial charge in [0.05, 0.1) is 11.7 Å². The molecule has 0 aromatic heterocycles. The van der Waals surface area contributed by atoms with Gasteiger partial charge in [0.1, 0.15) is 11.5 Å². The molecule has 0 heterocycles. The Morgan fingerprint density at radius 1 is 1.10 bits per heavy atom. The molecule has 0 saturated carbocycles. The molecule has 4 nitrogen and oxygen atoms in total. The first-order valence-electron chi connectivity index (χ1n) is 6.42. The van der Waals surface area contributed by atoms with Crippen LogP contribution in [0.25, 0.3) is 0 Å². The maximum atomic E-state index is 12.0. The first-order valence-corrected chi connectivity index (χ1v) is 6.42. The third kappa shape index (κ3) is 3.51. The van der Waals surface area contributed by atoms with Crippen LogP contribution < -0.4 is 10.1 Å². The van der Waals surface area contributed by atoms with Gasteiger partial charge in [0.15, 0.2) is 0 Å². The summed E-state index contributed by atoms with van der Waals surface area (Å²) in [5.74, 6) is 0.367. The average molecular weight is 271 g/mol. The Bertz CT molecular complexity index is 591. The largest absolute Gasteiger partial charge is 0.507 e. The molecule has 20 heavy (non-hydrogen) atoms. The molecular formula is C16H17NO3. The summed E-state index contributed by atoms with van der Waals surface area (Å²) in [7, 11) is 0. The van der Waals surface area contributed by atoms with Crippen molar-refractivity contribution in [3.63, 3.8) is 0 Å². The Morgan fingerprint density at radius 3 is 2.35 bits per heavy atom. The fourth-order valence-corrected chi connectivity index (χ4v) is 1.75. The number of carbonyl (C=O) groups excluding carboxylic acids is 1. The second-order valence-corrected chi connectivity index (χ2v) is 4.66. The molecule has 0 fully saturated rings. The number of carbonyl (C=O) groups is 1. The summed E-state index contributed by atoms with van der Waals surface area (Å²) in [6.07, 6.45) is 0.108. The molecule has 0 spiro atoms. The third-order valence-corrected chi connectivity index (χ3v) is 2.63. The van der Waals surface area contributed by atoms with Crippen LogP contribution in [0.15, 0.2) is 48.5 Å². The maximum absolute atomic E-state index is 12.0. The molecular weight excluding hydrogens is 254 g/mol. The van der Waals surface area contributed by atoms with Crippen molar-refractivity contribution in [1.29, 1.82) is 0 Å². The van der Waals surface area contributed by atoms with Crippen LogP contribution in [0, 0.1) is 0 Å². The fourth-order valence-electron chi connectivity index (χ4n) is 1.75. The standard InChI is InChI=1S/C16H17NO3/c1-11(2)20-13-9-7-12(8-10-13)17-16(19)14-5-3-4-6-15(14)18/h3-11,18H,1-2H3,(H,17,19). The van der Waals surface area contributed by atoms with Crippen molar-refractivity contribution in [3.05, 3.63) is 54.1 Å². The number of amides is 1. The Hall–Kier alpha value is -2.49. The van der Waals surface area contributed by atoms with Crippen molar-refractivity contribution in [2.24, 2.45) is 0 Å². The number of benzene rings is 2. The summed E-state index contributed by atoms with van der Waals surface area (Å²) < 4.78 is 5.53. The monoisotopic (exact) mass is 271 g/mol.